The number of nitrogens with one attached hydrogen (secondary N) is 1. The molecule has 0 aromatic heterocycles. The van der Waals surface area contributed by atoms with Gasteiger partial charge in [-0.1, -0.05) is 69.3 Å². The number of carboxylic acids is 1. The normalized spacial score (nSPS) is 37.3. The van der Waals surface area contributed by atoms with Crippen molar-refractivity contribution in [3.63, 3.8) is 0 Å². The fourth-order valence-corrected chi connectivity index (χ4v) is 13.7. The van der Waals surface area contributed by atoms with E-state index >= 15 is 9.59 Å². The molecule has 0 radical (unpaired) electrons. The number of hydrogen-bond acceptors (Lipinski definition) is 19. The van der Waals surface area contributed by atoms with Crippen LogP contribution in [0.2, 0.25) is 0 Å². The van der Waals surface area contributed by atoms with Crippen molar-refractivity contribution < 1.29 is 91.9 Å². The summed E-state index contributed by atoms with van der Waals surface area (Å²) in [6.07, 6.45) is -13.7. The number of rotatable bonds is 11. The number of benzene rings is 2. The summed E-state index contributed by atoms with van der Waals surface area (Å²) in [4.78, 5) is 99.1. The third kappa shape index (κ3) is 9.63. The molecule has 2 aromatic carbocycles. The van der Waals surface area contributed by atoms with Crippen LogP contribution in [0.4, 0.5) is 4.79 Å². The van der Waals surface area contributed by atoms with E-state index < -0.39 is 159 Å². The lowest BCUT2D eigenvalue weighted by Gasteiger charge is -2.68. The van der Waals surface area contributed by atoms with Gasteiger partial charge in [0.2, 0.25) is 6.10 Å². The Labute approximate surface area is 426 Å². The van der Waals surface area contributed by atoms with Gasteiger partial charge in [-0.05, 0) is 57.7 Å². The zero-order valence-electron chi connectivity index (χ0n) is 41.9. The fraction of sp³-hybridized carbons (Fsp3) is 0.635. The first-order chi connectivity index (χ1) is 34.3. The molecule has 3 saturated heterocycles. The lowest BCUT2D eigenvalue weighted by atomic mass is 9.42. The van der Waals surface area contributed by atoms with Crippen molar-refractivity contribution >= 4 is 53.5 Å². The van der Waals surface area contributed by atoms with E-state index in [1.165, 1.54) is 19.1 Å². The number of Topliss-reactive ketones (excluding diaryl/α,β-unsaturated/α-hetero) is 1. The molecule has 3 saturated carbocycles. The third-order valence-electron chi connectivity index (χ3n) is 15.9. The fourth-order valence-electron chi connectivity index (χ4n) is 12.3. The van der Waals surface area contributed by atoms with Crippen LogP contribution in [0.25, 0.3) is 0 Å². The standard InChI is InChI=1S/C52H65NO19S/c1-25-29(68-45(61)35(33(27-16-11-9-12-17-27)53-47(63)72-48(3,4)5)69-46(62)39-37-36(38(73-39)43(58)59)65-20-15-21-66-37)23-52(64)42(70-44(60)28-18-13-10-14-19-28)40-50(8,41(57)34(56)32(25)49(52,6)7)30(55)22-31-51(40,24-67-31)71-26(2)54/h9-14,16-19,25,29-40,42,55-56,64H,15,20-24H2,1-8H3,(H,53,63)(H,58,59)/t25?,29-,30-,31+,32-,33-,34+,35+,36-,37?,38?,39-,40-,42-,50+,51-,52+/m0/s1. The van der Waals surface area contributed by atoms with Crippen molar-refractivity contribution in [2.45, 2.75) is 157 Å². The predicted octanol–water partition coefficient (Wildman–Crippen LogP) is 3.49. The molecule has 20 nitrogen and oxygen atoms in total. The number of carboxylic acid groups (broad SMARTS) is 1. The topological polar surface area (TPSA) is 286 Å². The molecular formula is C52H65NO19S. The van der Waals surface area contributed by atoms with Crippen molar-refractivity contribution in [2.24, 2.45) is 28.6 Å². The number of carbonyl (C=O) groups excluding carboxylic acids is 6. The van der Waals surface area contributed by atoms with E-state index in [1.54, 1.807) is 90.1 Å². The molecule has 2 aromatic rings. The van der Waals surface area contributed by atoms with Gasteiger partial charge in [0.05, 0.1) is 29.6 Å². The molecule has 3 heterocycles. The summed E-state index contributed by atoms with van der Waals surface area (Å²) in [6.45, 7) is 12.0. The van der Waals surface area contributed by atoms with Gasteiger partial charge >= 0.3 is 35.9 Å². The first-order valence-corrected chi connectivity index (χ1v) is 25.5. The minimum absolute atomic E-state index is 0.0402. The molecule has 398 valence electrons. The van der Waals surface area contributed by atoms with E-state index in [2.05, 4.69) is 5.32 Å². The van der Waals surface area contributed by atoms with Crippen molar-refractivity contribution in [2.75, 3.05) is 19.8 Å². The SMILES string of the molecule is CC(=O)O[C@@]12CO[C@@H]1C[C@H](O)[C@@]1(C)C(=O)[C@H](O)[C@@H]3C(C)[C@@H](OC(=O)[C@H](OC(=O)[C@H]4SC(C(=O)O)[C@H]5OCCCOC54)[C@@H](NC(=O)OC(C)(C)C)c4ccccc4)C[C@@](O)([C@@H](OC(=O)c4ccccc4)[C@H]21)C3(C)C. The molecule has 8 rings (SSSR count). The quantitative estimate of drug-likeness (QED) is 0.159. The van der Waals surface area contributed by atoms with Gasteiger partial charge in [0.15, 0.2) is 11.4 Å². The van der Waals surface area contributed by atoms with Crippen LogP contribution in [0, 0.1) is 28.6 Å². The molecule has 2 bridgehead atoms. The maximum Gasteiger partial charge on any atom is 0.408 e. The second-order valence-corrected chi connectivity index (χ2v) is 23.1. The van der Waals surface area contributed by atoms with E-state index in [-0.39, 0.29) is 37.4 Å². The van der Waals surface area contributed by atoms with E-state index in [4.69, 9.17) is 37.9 Å². The Balaban J connectivity index is 1.24. The molecule has 3 aliphatic heterocycles. The van der Waals surface area contributed by atoms with Crippen molar-refractivity contribution in [1.29, 1.82) is 0 Å². The highest BCUT2D eigenvalue weighted by Crippen LogP contribution is 2.65. The molecule has 21 heteroatoms. The van der Waals surface area contributed by atoms with Gasteiger partial charge in [-0.25, -0.2) is 14.4 Å². The summed E-state index contributed by atoms with van der Waals surface area (Å²) in [5, 5.41) is 48.7. The monoisotopic (exact) mass is 1040 g/mol. The minimum Gasteiger partial charge on any atom is -0.480 e. The number of carbonyl (C=O) groups is 7. The van der Waals surface area contributed by atoms with Gasteiger partial charge in [0.1, 0.15) is 64.4 Å². The Morgan fingerprint density at radius 1 is 0.877 bits per heavy atom. The number of aliphatic carboxylic acids is 1. The van der Waals surface area contributed by atoms with Gasteiger partial charge in [-0.2, -0.15) is 0 Å². The van der Waals surface area contributed by atoms with Crippen LogP contribution in [-0.4, -0.2) is 158 Å². The number of ketones is 1. The van der Waals surface area contributed by atoms with Crippen LogP contribution >= 0.6 is 11.8 Å². The summed E-state index contributed by atoms with van der Waals surface area (Å²) in [6, 6.07) is 14.2. The Bertz CT molecular complexity index is 2450. The first kappa shape index (κ1) is 54.1. The number of hydrogen-bond donors (Lipinski definition) is 5. The molecule has 73 heavy (non-hydrogen) atoms. The Morgan fingerprint density at radius 2 is 1.49 bits per heavy atom. The third-order valence-corrected chi connectivity index (χ3v) is 17.5. The van der Waals surface area contributed by atoms with Crippen LogP contribution in [-0.2, 0) is 61.9 Å². The highest BCUT2D eigenvalue weighted by Gasteiger charge is 2.79. The van der Waals surface area contributed by atoms with Crippen LogP contribution < -0.4 is 5.32 Å². The number of thioether (sulfide) groups is 1. The zero-order valence-corrected chi connectivity index (χ0v) is 42.7. The van der Waals surface area contributed by atoms with Gasteiger partial charge in [0, 0.05) is 44.3 Å². The summed E-state index contributed by atoms with van der Waals surface area (Å²) < 4.78 is 48.4. The smallest absolute Gasteiger partial charge is 0.408 e. The van der Waals surface area contributed by atoms with Gasteiger partial charge in [0.25, 0.3) is 0 Å². The van der Waals surface area contributed by atoms with Crippen LogP contribution in [0.5, 0.6) is 0 Å². The number of aliphatic hydroxyl groups is 3. The van der Waals surface area contributed by atoms with Crippen molar-refractivity contribution in [3.8, 4) is 0 Å². The van der Waals surface area contributed by atoms with E-state index in [1.807, 2.05) is 0 Å². The second-order valence-electron chi connectivity index (χ2n) is 21.8. The van der Waals surface area contributed by atoms with E-state index in [9.17, 15) is 44.4 Å². The molecule has 6 aliphatic rings. The average Bonchev–Trinajstić information content (AvgIpc) is 3.52. The number of ether oxygens (including phenoxy) is 8. The minimum atomic E-state index is -2.44. The van der Waals surface area contributed by atoms with Crippen molar-refractivity contribution in [1.82, 2.24) is 5.32 Å². The molecule has 0 spiro atoms. The number of fused-ring (bicyclic) bond motifs is 6. The number of aliphatic hydroxyl groups excluding tert-OH is 2. The summed E-state index contributed by atoms with van der Waals surface area (Å²) in [7, 11) is 0. The zero-order chi connectivity index (χ0) is 53.2. The molecule has 5 N–H and O–H groups in total. The molecular weight excluding hydrogens is 975 g/mol. The maximum atomic E-state index is 15.4. The van der Waals surface area contributed by atoms with E-state index in [0.29, 0.717) is 18.2 Å². The molecule has 1 amide bonds. The van der Waals surface area contributed by atoms with Crippen molar-refractivity contribution in [3.05, 3.63) is 71.8 Å². The Kier molecular flexibility index (Phi) is 15.0. The van der Waals surface area contributed by atoms with Gasteiger partial charge in [-0.3, -0.25) is 19.2 Å². The lowest BCUT2D eigenvalue weighted by molar-refractivity contribution is -0.355. The van der Waals surface area contributed by atoms with Crippen LogP contribution in [0.1, 0.15) is 96.6 Å². The highest BCUT2D eigenvalue weighted by molar-refractivity contribution is 8.02. The number of alkyl carbamates (subject to hydrolysis) is 1. The summed E-state index contributed by atoms with van der Waals surface area (Å²) >= 11 is 0.716. The highest BCUT2D eigenvalue weighted by atomic mass is 32.2. The summed E-state index contributed by atoms with van der Waals surface area (Å²) in [5.74, 6) is -10.3. The summed E-state index contributed by atoms with van der Waals surface area (Å²) in [5.41, 5.74) is -8.72. The Hall–Kier alpha value is -5.16. The number of amides is 1. The lowest BCUT2D eigenvalue weighted by Crippen LogP contribution is -2.83. The molecule has 3 unspecified atom stereocenters. The first-order valence-electron chi connectivity index (χ1n) is 24.5. The molecule has 17 atom stereocenters. The number of esters is 4. The van der Waals surface area contributed by atoms with Crippen LogP contribution in [0.15, 0.2) is 60.7 Å². The Morgan fingerprint density at radius 3 is 2.07 bits per heavy atom. The van der Waals surface area contributed by atoms with Gasteiger partial charge in [-0.15, -0.1) is 11.8 Å². The largest absolute Gasteiger partial charge is 0.480 e. The molecule has 6 fully saturated rings. The van der Waals surface area contributed by atoms with Crippen LogP contribution in [0.3, 0.4) is 0 Å². The van der Waals surface area contributed by atoms with E-state index in [0.717, 1.165) is 6.92 Å². The van der Waals surface area contributed by atoms with Gasteiger partial charge < -0.3 is 63.6 Å². The average molecular weight is 1040 g/mol. The predicted molar refractivity (Wildman–Crippen MR) is 254 cm³/mol. The molecule has 3 aliphatic carbocycles. The second kappa shape index (κ2) is 20.2. The maximum absolute atomic E-state index is 15.4.